The highest BCUT2D eigenvalue weighted by molar-refractivity contribution is 8.15. The monoisotopic (exact) mass is 633 g/mol. The van der Waals surface area contributed by atoms with E-state index in [2.05, 4.69) is 5.32 Å². The number of aliphatic imine (C=N–C) groups is 1. The molecule has 1 aliphatic rings. The van der Waals surface area contributed by atoms with Gasteiger partial charge in [-0.05, 0) is 86.5 Å². The number of esters is 2. The van der Waals surface area contributed by atoms with Crippen LogP contribution < -0.4 is 14.8 Å². The summed E-state index contributed by atoms with van der Waals surface area (Å²) in [5.41, 5.74) is 2.65. The van der Waals surface area contributed by atoms with Crippen molar-refractivity contribution in [1.29, 1.82) is 0 Å². The molecule has 1 unspecified atom stereocenters. The van der Waals surface area contributed by atoms with Crippen molar-refractivity contribution in [2.75, 3.05) is 39.3 Å². The average molecular weight is 634 g/mol. The summed E-state index contributed by atoms with van der Waals surface area (Å²) in [4.78, 5) is 57.1. The first-order chi connectivity index (χ1) is 21.8. The maximum Gasteiger partial charge on any atom is 0.338 e. The van der Waals surface area contributed by atoms with Crippen molar-refractivity contribution in [1.82, 2.24) is 4.90 Å². The number of benzene rings is 3. The number of nitrogens with one attached hydrogen (secondary N) is 1. The molecule has 11 nitrogen and oxygen atoms in total. The second kappa shape index (κ2) is 15.8. The fraction of sp³-hybridized carbons (Fsp3) is 0.303. The predicted molar refractivity (Wildman–Crippen MR) is 171 cm³/mol. The minimum atomic E-state index is -0.753. The lowest BCUT2D eigenvalue weighted by atomic mass is 10.1. The number of hydrogen-bond donors (Lipinski definition) is 1. The number of amidine groups is 1. The highest BCUT2D eigenvalue weighted by Gasteiger charge is 2.36. The van der Waals surface area contributed by atoms with Crippen LogP contribution in [0.2, 0.25) is 0 Å². The van der Waals surface area contributed by atoms with Crippen LogP contribution in [0.5, 0.6) is 11.5 Å². The molecule has 4 rings (SSSR count). The molecule has 1 aliphatic heterocycles. The van der Waals surface area contributed by atoms with Gasteiger partial charge in [-0.3, -0.25) is 14.5 Å². The van der Waals surface area contributed by atoms with E-state index < -0.39 is 17.2 Å². The smallest absolute Gasteiger partial charge is 0.338 e. The molecule has 1 fully saturated rings. The van der Waals surface area contributed by atoms with Gasteiger partial charge >= 0.3 is 11.9 Å². The van der Waals surface area contributed by atoms with E-state index in [0.717, 1.165) is 5.56 Å². The number of methoxy groups -OCH3 is 2. The molecule has 0 aromatic heterocycles. The number of ether oxygens (including phenoxy) is 4. The van der Waals surface area contributed by atoms with E-state index in [4.69, 9.17) is 23.9 Å². The largest absolute Gasteiger partial charge is 0.493 e. The molecule has 2 amide bonds. The van der Waals surface area contributed by atoms with Crippen molar-refractivity contribution < 1.29 is 38.1 Å². The number of carbonyl (C=O) groups excluding carboxylic acids is 4. The number of carbonyl (C=O) groups is 4. The first kappa shape index (κ1) is 33.1. The summed E-state index contributed by atoms with van der Waals surface area (Å²) < 4.78 is 20.8. The van der Waals surface area contributed by atoms with Crippen molar-refractivity contribution in [3.8, 4) is 11.5 Å². The first-order valence-corrected chi connectivity index (χ1v) is 15.3. The van der Waals surface area contributed by atoms with Crippen LogP contribution in [0.1, 0.15) is 46.5 Å². The summed E-state index contributed by atoms with van der Waals surface area (Å²) >= 11 is 1.18. The van der Waals surface area contributed by atoms with Gasteiger partial charge in [-0.25, -0.2) is 14.6 Å². The molecule has 0 saturated carbocycles. The van der Waals surface area contributed by atoms with E-state index in [1.54, 1.807) is 87.6 Å². The fourth-order valence-electron chi connectivity index (χ4n) is 4.46. The molecule has 12 heteroatoms. The van der Waals surface area contributed by atoms with Crippen molar-refractivity contribution in [2.45, 2.75) is 31.9 Å². The Labute approximate surface area is 265 Å². The summed E-state index contributed by atoms with van der Waals surface area (Å²) in [6, 6.07) is 18.4. The molecule has 0 aliphatic carbocycles. The highest BCUT2D eigenvalue weighted by atomic mass is 32.2. The Morgan fingerprint density at radius 3 is 2.04 bits per heavy atom. The van der Waals surface area contributed by atoms with Gasteiger partial charge in [0.25, 0.3) is 0 Å². The Hall–Kier alpha value is -4.84. The molecule has 3 aromatic carbocycles. The predicted octanol–water partition coefficient (Wildman–Crippen LogP) is 5.26. The minimum absolute atomic E-state index is 0.0375. The number of amides is 2. The lowest BCUT2D eigenvalue weighted by Gasteiger charge is -2.32. The van der Waals surface area contributed by atoms with Crippen molar-refractivity contribution in [3.63, 3.8) is 0 Å². The number of hydrogen-bond acceptors (Lipinski definition) is 10. The van der Waals surface area contributed by atoms with Crippen LogP contribution in [0.4, 0.5) is 11.4 Å². The zero-order valence-electron chi connectivity index (χ0n) is 25.5. The average Bonchev–Trinajstić information content (AvgIpc) is 3.05. The Bertz CT molecular complexity index is 1560. The van der Waals surface area contributed by atoms with E-state index in [-0.39, 0.29) is 31.4 Å². The third kappa shape index (κ3) is 8.63. The third-order valence-corrected chi connectivity index (χ3v) is 7.96. The molecule has 236 valence electrons. The van der Waals surface area contributed by atoms with Gasteiger partial charge in [0, 0.05) is 18.7 Å². The summed E-state index contributed by atoms with van der Waals surface area (Å²) in [6.45, 7) is 4.29. The summed E-state index contributed by atoms with van der Waals surface area (Å²) in [5, 5.41) is 2.43. The van der Waals surface area contributed by atoms with Crippen LogP contribution in [0.15, 0.2) is 71.7 Å². The Morgan fingerprint density at radius 1 is 0.867 bits per heavy atom. The summed E-state index contributed by atoms with van der Waals surface area (Å²) in [5.74, 6) is -0.340. The molecule has 3 aromatic rings. The van der Waals surface area contributed by atoms with Crippen LogP contribution in [-0.2, 0) is 25.5 Å². The SMILES string of the molecule is CCOC(=O)c1ccc(N=C2SC(C(=O)Nc3ccc(C(=O)OCC)cc3)CC(=O)N2CCc2ccc(OC)c(OC)c2)cc1. The second-order valence-corrected chi connectivity index (χ2v) is 10.9. The molecule has 0 radical (unpaired) electrons. The second-order valence-electron chi connectivity index (χ2n) is 9.74. The van der Waals surface area contributed by atoms with Gasteiger partial charge < -0.3 is 24.3 Å². The molecule has 0 spiro atoms. The number of rotatable bonds is 12. The molecule has 1 N–H and O–H groups in total. The van der Waals surface area contributed by atoms with Gasteiger partial charge in [0.2, 0.25) is 11.8 Å². The third-order valence-electron chi connectivity index (χ3n) is 6.77. The standard InChI is InChI=1S/C33H35N3O8S/c1-5-43-31(39)22-8-12-24(13-9-22)34-30(38)28-20-29(37)36(18-17-21-7-16-26(41-3)27(19-21)42-4)33(45-28)35-25-14-10-23(11-15-25)32(40)44-6-2/h7-16,19,28H,5-6,17-18,20H2,1-4H3,(H,34,38). The van der Waals surface area contributed by atoms with Gasteiger partial charge in [-0.15, -0.1) is 0 Å². The van der Waals surface area contributed by atoms with Crippen LogP contribution in [0.3, 0.4) is 0 Å². The Kier molecular flexibility index (Phi) is 11.6. The topological polar surface area (TPSA) is 133 Å². The Morgan fingerprint density at radius 2 is 1.47 bits per heavy atom. The van der Waals surface area contributed by atoms with Gasteiger partial charge in [0.15, 0.2) is 16.7 Å². The van der Waals surface area contributed by atoms with Crippen LogP contribution in [0.25, 0.3) is 0 Å². The van der Waals surface area contributed by atoms with Gasteiger partial charge in [0.1, 0.15) is 5.25 Å². The van der Waals surface area contributed by atoms with Crippen molar-refractivity contribution >= 4 is 52.1 Å². The zero-order valence-corrected chi connectivity index (χ0v) is 26.3. The normalized spacial score (nSPS) is 15.4. The molecule has 1 heterocycles. The number of thioether (sulfide) groups is 1. The molecular weight excluding hydrogens is 598 g/mol. The number of nitrogens with zero attached hydrogens (tertiary/aromatic N) is 2. The van der Waals surface area contributed by atoms with E-state index in [9.17, 15) is 19.2 Å². The molecule has 45 heavy (non-hydrogen) atoms. The van der Waals surface area contributed by atoms with Crippen LogP contribution in [0, 0.1) is 0 Å². The Balaban J connectivity index is 1.55. The fourth-order valence-corrected chi connectivity index (χ4v) is 5.59. The molecule has 0 bridgehead atoms. The summed E-state index contributed by atoms with van der Waals surface area (Å²) in [7, 11) is 3.12. The van der Waals surface area contributed by atoms with Crippen molar-refractivity contribution in [3.05, 3.63) is 83.4 Å². The van der Waals surface area contributed by atoms with Crippen LogP contribution in [-0.4, -0.2) is 73.0 Å². The van der Waals surface area contributed by atoms with Gasteiger partial charge in [-0.2, -0.15) is 0 Å². The van der Waals surface area contributed by atoms with Gasteiger partial charge in [-0.1, -0.05) is 17.8 Å². The highest BCUT2D eigenvalue weighted by Crippen LogP contribution is 2.32. The molecular formula is C33H35N3O8S. The zero-order chi connectivity index (χ0) is 32.3. The van der Waals surface area contributed by atoms with E-state index in [1.165, 1.54) is 11.8 Å². The van der Waals surface area contributed by atoms with Gasteiger partial charge in [0.05, 0.1) is 44.2 Å². The quantitative estimate of drug-likeness (QED) is 0.265. The van der Waals surface area contributed by atoms with E-state index in [1.807, 2.05) is 12.1 Å². The maximum absolute atomic E-state index is 13.5. The number of anilines is 1. The minimum Gasteiger partial charge on any atom is -0.493 e. The first-order valence-electron chi connectivity index (χ1n) is 14.4. The van der Waals surface area contributed by atoms with Crippen LogP contribution >= 0.6 is 11.8 Å². The lowest BCUT2D eigenvalue weighted by Crippen LogP contribution is -2.46. The maximum atomic E-state index is 13.5. The van der Waals surface area contributed by atoms with E-state index in [0.29, 0.717) is 52.1 Å². The van der Waals surface area contributed by atoms with E-state index >= 15 is 0 Å². The lowest BCUT2D eigenvalue weighted by molar-refractivity contribution is -0.129. The molecule has 1 atom stereocenters. The summed E-state index contributed by atoms with van der Waals surface area (Å²) in [6.07, 6.45) is 0.460. The van der Waals surface area contributed by atoms with Crippen molar-refractivity contribution in [2.24, 2.45) is 4.99 Å². The molecule has 1 saturated heterocycles.